The van der Waals surface area contributed by atoms with Crippen molar-refractivity contribution in [3.05, 3.63) is 42.0 Å². The van der Waals surface area contributed by atoms with Gasteiger partial charge in [-0.2, -0.15) is 9.40 Å². The lowest BCUT2D eigenvalue weighted by Gasteiger charge is -2.34. The second kappa shape index (κ2) is 6.74. The Morgan fingerprint density at radius 1 is 1.04 bits per heavy atom. The summed E-state index contributed by atoms with van der Waals surface area (Å²) in [6, 6.07) is 5.72. The van der Waals surface area contributed by atoms with Gasteiger partial charge in [-0.1, -0.05) is 5.16 Å². The van der Waals surface area contributed by atoms with Crippen molar-refractivity contribution in [2.45, 2.75) is 18.7 Å². The van der Waals surface area contributed by atoms with Crippen LogP contribution in [0.4, 0.5) is 5.82 Å². The van der Waals surface area contributed by atoms with Gasteiger partial charge in [0.1, 0.15) is 11.2 Å². The molecule has 0 spiro atoms. The first-order valence-corrected chi connectivity index (χ1v) is 9.91. The van der Waals surface area contributed by atoms with Gasteiger partial charge in [0.25, 0.3) is 0 Å². The van der Waals surface area contributed by atoms with Crippen LogP contribution in [0.25, 0.3) is 5.82 Å². The first-order valence-electron chi connectivity index (χ1n) is 8.47. The number of rotatable bonds is 4. The molecule has 3 aromatic rings. The minimum absolute atomic E-state index is 0.0741. The Morgan fingerprint density at radius 2 is 1.74 bits per heavy atom. The third-order valence-corrected chi connectivity index (χ3v) is 6.32. The molecule has 0 unspecified atom stereocenters. The predicted molar refractivity (Wildman–Crippen MR) is 96.1 cm³/mol. The van der Waals surface area contributed by atoms with Crippen molar-refractivity contribution in [1.82, 2.24) is 29.4 Å². The number of nitrogens with zero attached hydrogens (tertiary/aromatic N) is 7. The molecule has 1 aliphatic heterocycles. The molecule has 0 aliphatic carbocycles. The van der Waals surface area contributed by atoms with Gasteiger partial charge in [0.05, 0.1) is 11.9 Å². The van der Waals surface area contributed by atoms with E-state index in [2.05, 4.69) is 25.0 Å². The van der Waals surface area contributed by atoms with E-state index in [1.807, 2.05) is 36.9 Å². The largest absolute Gasteiger partial charge is 0.363 e. The average molecular weight is 389 g/mol. The second-order valence-electron chi connectivity index (χ2n) is 6.34. The Balaban J connectivity index is 1.45. The third kappa shape index (κ3) is 3.30. The number of piperazine rings is 1. The van der Waals surface area contributed by atoms with E-state index in [1.54, 1.807) is 4.68 Å². The summed E-state index contributed by atoms with van der Waals surface area (Å²) in [5, 5.41) is 16.4. The van der Waals surface area contributed by atoms with E-state index >= 15 is 0 Å². The van der Waals surface area contributed by atoms with Crippen LogP contribution in [0.1, 0.15) is 11.4 Å². The summed E-state index contributed by atoms with van der Waals surface area (Å²) >= 11 is 0. The quantitative estimate of drug-likeness (QED) is 0.644. The Labute approximate surface area is 156 Å². The lowest BCUT2D eigenvalue weighted by atomic mass is 10.3. The molecule has 11 heteroatoms. The van der Waals surface area contributed by atoms with Crippen LogP contribution in [0.2, 0.25) is 0 Å². The fraction of sp³-hybridized carbons (Fsp3) is 0.375. The summed E-state index contributed by atoms with van der Waals surface area (Å²) in [4.78, 5) is 2.09. The number of aromatic nitrogens is 5. The highest BCUT2D eigenvalue weighted by Gasteiger charge is 2.30. The Bertz CT molecular complexity index is 1020. The molecule has 1 fully saturated rings. The summed E-state index contributed by atoms with van der Waals surface area (Å²) in [5.74, 6) is 1.36. The van der Waals surface area contributed by atoms with Gasteiger partial charge in [-0.05, 0) is 32.0 Å². The van der Waals surface area contributed by atoms with Crippen LogP contribution in [0.15, 0.2) is 40.1 Å². The van der Waals surface area contributed by atoms with Gasteiger partial charge >= 0.3 is 0 Å². The first kappa shape index (κ1) is 17.6. The van der Waals surface area contributed by atoms with Crippen molar-refractivity contribution in [2.75, 3.05) is 31.1 Å². The van der Waals surface area contributed by atoms with E-state index < -0.39 is 10.0 Å². The summed E-state index contributed by atoms with van der Waals surface area (Å²) in [7, 11) is -3.57. The highest BCUT2D eigenvalue weighted by atomic mass is 32.2. The van der Waals surface area contributed by atoms with Crippen LogP contribution in [0.5, 0.6) is 0 Å². The molecule has 0 aromatic carbocycles. The van der Waals surface area contributed by atoms with Gasteiger partial charge in [-0.3, -0.25) is 0 Å². The molecule has 4 rings (SSSR count). The van der Waals surface area contributed by atoms with Crippen LogP contribution in [0, 0.1) is 13.8 Å². The summed E-state index contributed by atoms with van der Waals surface area (Å²) in [6.45, 7) is 5.66. The monoisotopic (exact) mass is 389 g/mol. The molecule has 0 amide bonds. The fourth-order valence-electron chi connectivity index (χ4n) is 3.09. The lowest BCUT2D eigenvalue weighted by molar-refractivity contribution is 0.382. The van der Waals surface area contributed by atoms with Gasteiger partial charge in [-0.25, -0.2) is 13.1 Å². The average Bonchev–Trinajstić information content (AvgIpc) is 3.32. The number of hydrogen-bond donors (Lipinski definition) is 0. The fourth-order valence-corrected chi connectivity index (χ4v) is 4.37. The number of anilines is 1. The van der Waals surface area contributed by atoms with E-state index in [0.717, 1.165) is 17.7 Å². The van der Waals surface area contributed by atoms with Crippen molar-refractivity contribution in [3.8, 4) is 5.82 Å². The van der Waals surface area contributed by atoms with E-state index in [-0.39, 0.29) is 4.90 Å². The molecule has 0 N–H and O–H groups in total. The van der Waals surface area contributed by atoms with Crippen LogP contribution in [-0.4, -0.2) is 64.0 Å². The maximum absolute atomic E-state index is 12.5. The smallest absolute Gasteiger partial charge is 0.248 e. The SMILES string of the molecule is Cc1cc(C)n(-c2ccc(N3CCN(S(=O)(=O)c4cnoc4)CC3)nn2)n1. The van der Waals surface area contributed by atoms with Crippen LogP contribution >= 0.6 is 0 Å². The maximum Gasteiger partial charge on any atom is 0.248 e. The minimum Gasteiger partial charge on any atom is -0.363 e. The molecule has 0 radical (unpaired) electrons. The van der Waals surface area contributed by atoms with Crippen molar-refractivity contribution < 1.29 is 12.9 Å². The lowest BCUT2D eigenvalue weighted by Crippen LogP contribution is -2.48. The molecule has 0 saturated carbocycles. The summed E-state index contributed by atoms with van der Waals surface area (Å²) in [6.07, 6.45) is 2.36. The zero-order valence-electron chi connectivity index (χ0n) is 15.0. The van der Waals surface area contributed by atoms with Gasteiger partial charge in [0.2, 0.25) is 10.0 Å². The van der Waals surface area contributed by atoms with Gasteiger partial charge in [-0.15, -0.1) is 10.2 Å². The second-order valence-corrected chi connectivity index (χ2v) is 8.28. The number of aryl methyl sites for hydroxylation is 2. The van der Waals surface area contributed by atoms with Crippen molar-refractivity contribution in [2.24, 2.45) is 0 Å². The van der Waals surface area contributed by atoms with Gasteiger partial charge in [0, 0.05) is 31.9 Å². The van der Waals surface area contributed by atoms with E-state index in [0.29, 0.717) is 37.8 Å². The van der Waals surface area contributed by atoms with Crippen molar-refractivity contribution >= 4 is 15.8 Å². The Kier molecular flexibility index (Phi) is 4.40. The molecule has 10 nitrogen and oxygen atoms in total. The molecule has 4 heterocycles. The Hall–Kier alpha value is -2.79. The standard InChI is InChI=1S/C16H19N7O3S/c1-12-9-13(2)23(20-12)16-4-3-15(18-19-16)21-5-7-22(8-6-21)27(24,25)14-10-17-26-11-14/h3-4,9-11H,5-8H2,1-2H3. The highest BCUT2D eigenvalue weighted by molar-refractivity contribution is 7.89. The zero-order valence-corrected chi connectivity index (χ0v) is 15.8. The van der Waals surface area contributed by atoms with Gasteiger partial charge < -0.3 is 9.42 Å². The summed E-state index contributed by atoms with van der Waals surface area (Å²) in [5.41, 5.74) is 1.91. The zero-order chi connectivity index (χ0) is 19.0. The van der Waals surface area contributed by atoms with Crippen LogP contribution in [-0.2, 0) is 10.0 Å². The molecular weight excluding hydrogens is 370 g/mol. The van der Waals surface area contributed by atoms with Crippen LogP contribution < -0.4 is 4.90 Å². The topological polar surface area (TPSA) is 110 Å². The Morgan fingerprint density at radius 3 is 2.30 bits per heavy atom. The molecule has 0 atom stereocenters. The third-order valence-electron chi connectivity index (χ3n) is 4.47. The minimum atomic E-state index is -3.57. The van der Waals surface area contributed by atoms with E-state index in [9.17, 15) is 8.42 Å². The first-order chi connectivity index (χ1) is 12.9. The molecular formula is C16H19N7O3S. The van der Waals surface area contributed by atoms with E-state index in [1.165, 1.54) is 10.5 Å². The maximum atomic E-state index is 12.5. The molecule has 27 heavy (non-hydrogen) atoms. The van der Waals surface area contributed by atoms with Gasteiger partial charge in [0.15, 0.2) is 11.6 Å². The van der Waals surface area contributed by atoms with Crippen molar-refractivity contribution in [1.29, 1.82) is 0 Å². The molecule has 0 bridgehead atoms. The number of sulfonamides is 1. The van der Waals surface area contributed by atoms with Crippen molar-refractivity contribution in [3.63, 3.8) is 0 Å². The summed E-state index contributed by atoms with van der Waals surface area (Å²) < 4.78 is 32.8. The molecule has 1 aliphatic rings. The molecule has 3 aromatic heterocycles. The molecule has 1 saturated heterocycles. The highest BCUT2D eigenvalue weighted by Crippen LogP contribution is 2.20. The van der Waals surface area contributed by atoms with E-state index in [4.69, 9.17) is 0 Å². The predicted octanol–water partition coefficient (Wildman–Crippen LogP) is 0.778. The molecule has 142 valence electrons. The normalized spacial score (nSPS) is 16.0. The van der Waals surface area contributed by atoms with Crippen LogP contribution in [0.3, 0.4) is 0 Å². The number of hydrogen-bond acceptors (Lipinski definition) is 8.